The molecule has 0 bridgehead atoms. The first-order chi connectivity index (χ1) is 13.0. The van der Waals surface area contributed by atoms with Gasteiger partial charge >= 0.3 is 0 Å². The highest BCUT2D eigenvalue weighted by molar-refractivity contribution is 5.83. The lowest BCUT2D eigenvalue weighted by atomic mass is 10.2. The first kappa shape index (κ1) is 16.3. The van der Waals surface area contributed by atoms with Crippen molar-refractivity contribution in [3.8, 4) is 5.75 Å². The highest BCUT2D eigenvalue weighted by Crippen LogP contribution is 2.32. The van der Waals surface area contributed by atoms with Gasteiger partial charge in [-0.1, -0.05) is 24.3 Å². The van der Waals surface area contributed by atoms with Crippen LogP contribution in [-0.2, 0) is 0 Å². The highest BCUT2D eigenvalue weighted by Gasteiger charge is 2.14. The largest absolute Gasteiger partial charge is 0.508 e. The van der Waals surface area contributed by atoms with Crippen molar-refractivity contribution in [1.82, 2.24) is 10.2 Å². The molecule has 27 heavy (non-hydrogen) atoms. The molecule has 0 unspecified atom stereocenters. The maximum atomic E-state index is 12.4. The lowest BCUT2D eigenvalue weighted by molar-refractivity contribution is 0.475. The van der Waals surface area contributed by atoms with Gasteiger partial charge in [-0.2, -0.15) is 10.2 Å². The van der Waals surface area contributed by atoms with Crippen molar-refractivity contribution >= 4 is 33.8 Å². The van der Waals surface area contributed by atoms with E-state index in [1.807, 2.05) is 0 Å². The van der Waals surface area contributed by atoms with Crippen LogP contribution in [0.3, 0.4) is 0 Å². The van der Waals surface area contributed by atoms with Crippen molar-refractivity contribution < 1.29 is 5.11 Å². The van der Waals surface area contributed by atoms with Crippen LogP contribution in [0, 0.1) is 0 Å². The molecule has 0 saturated carbocycles. The summed E-state index contributed by atoms with van der Waals surface area (Å²) in [6, 6.07) is 12.5. The van der Waals surface area contributed by atoms with E-state index in [1.165, 1.54) is 12.1 Å². The minimum atomic E-state index is -0.474. The van der Waals surface area contributed by atoms with Crippen molar-refractivity contribution in [2.45, 2.75) is 0 Å². The van der Waals surface area contributed by atoms with E-state index in [-0.39, 0.29) is 28.4 Å². The molecule has 9 nitrogen and oxygen atoms in total. The van der Waals surface area contributed by atoms with Crippen LogP contribution in [0.2, 0.25) is 0 Å². The van der Waals surface area contributed by atoms with Gasteiger partial charge < -0.3 is 10.8 Å². The second-order valence-electron chi connectivity index (χ2n) is 5.69. The molecule has 0 radical (unpaired) electrons. The Labute approximate surface area is 150 Å². The molecule has 0 fully saturated rings. The first-order valence-electron chi connectivity index (χ1n) is 7.86. The van der Waals surface area contributed by atoms with Gasteiger partial charge in [-0.25, -0.2) is 4.99 Å². The number of nitrogens with zero attached hydrogens (tertiary/aromatic N) is 4. The Morgan fingerprint density at radius 1 is 0.926 bits per heavy atom. The minimum absolute atomic E-state index is 0.0143. The van der Waals surface area contributed by atoms with E-state index in [0.29, 0.717) is 16.5 Å². The molecule has 4 N–H and O–H groups in total. The molecule has 1 heterocycles. The van der Waals surface area contributed by atoms with Gasteiger partial charge in [-0.05, 0) is 24.3 Å². The van der Waals surface area contributed by atoms with Gasteiger partial charge in [0.2, 0.25) is 16.7 Å². The summed E-state index contributed by atoms with van der Waals surface area (Å²) in [6.07, 6.45) is 0. The topological polar surface area (TPSA) is 146 Å². The standard InChI is InChI=1S/C18H12N6O3/c19-17-14(22-21-9-5-7-10(25)8-6-9)18(24-23-17)20-13-15(26)11-3-1-2-4-12(11)16(13)27/h1-8,25H,(H3,19,23,24). The van der Waals surface area contributed by atoms with Gasteiger partial charge in [0.25, 0.3) is 0 Å². The SMILES string of the molecule is Nc1[nH]nc(N=c2c(=O)c3ccccc3c2=O)c1N=Nc1ccc(O)cc1. The molecule has 0 spiro atoms. The predicted octanol–water partition coefficient (Wildman–Crippen LogP) is 2.09. The third kappa shape index (κ3) is 2.86. The van der Waals surface area contributed by atoms with Gasteiger partial charge in [0, 0.05) is 10.8 Å². The van der Waals surface area contributed by atoms with Crippen LogP contribution in [0.5, 0.6) is 5.75 Å². The molecule has 0 aliphatic rings. The van der Waals surface area contributed by atoms with Crippen LogP contribution in [0.25, 0.3) is 10.8 Å². The lowest BCUT2D eigenvalue weighted by Crippen LogP contribution is -2.31. The Balaban J connectivity index is 1.83. The number of nitrogens with two attached hydrogens (primary N) is 1. The number of phenolic OH excluding ortho intramolecular Hbond substituents is 1. The number of fused-ring (bicyclic) bond motifs is 1. The quantitative estimate of drug-likeness (QED) is 0.479. The monoisotopic (exact) mass is 360 g/mol. The number of hydrogen-bond donors (Lipinski definition) is 3. The summed E-state index contributed by atoms with van der Waals surface area (Å²) in [5.74, 6) is 0.175. The summed E-state index contributed by atoms with van der Waals surface area (Å²) in [7, 11) is 0. The van der Waals surface area contributed by atoms with Crippen LogP contribution < -0.4 is 21.9 Å². The number of aromatic nitrogens is 2. The maximum Gasteiger partial charge on any atom is 0.216 e. The number of anilines is 1. The smallest absolute Gasteiger partial charge is 0.216 e. The van der Waals surface area contributed by atoms with Gasteiger partial charge in [0.05, 0.1) is 5.69 Å². The number of nitrogen functional groups attached to an aromatic ring is 1. The first-order valence-corrected chi connectivity index (χ1v) is 7.86. The molecule has 0 amide bonds. The molecule has 0 aliphatic heterocycles. The summed E-state index contributed by atoms with van der Waals surface area (Å²) in [4.78, 5) is 29.0. The molecule has 1 aromatic heterocycles. The van der Waals surface area contributed by atoms with Crippen LogP contribution in [0.15, 0.2) is 73.3 Å². The Kier molecular flexibility index (Phi) is 3.81. The van der Waals surface area contributed by atoms with Gasteiger partial charge in [-0.15, -0.1) is 5.11 Å². The van der Waals surface area contributed by atoms with Crippen LogP contribution in [-0.4, -0.2) is 15.3 Å². The number of benzene rings is 2. The molecule has 0 atom stereocenters. The lowest BCUT2D eigenvalue weighted by Gasteiger charge is -1.93. The number of phenols is 1. The van der Waals surface area contributed by atoms with Crippen molar-refractivity contribution in [2.24, 2.45) is 15.2 Å². The van der Waals surface area contributed by atoms with Crippen LogP contribution in [0.1, 0.15) is 0 Å². The number of aromatic hydroxyl groups is 1. The molecule has 0 saturated heterocycles. The fraction of sp³-hybridized carbons (Fsp3) is 0. The Morgan fingerprint density at radius 3 is 2.19 bits per heavy atom. The fourth-order valence-corrected chi connectivity index (χ4v) is 2.59. The summed E-state index contributed by atoms with van der Waals surface area (Å²) >= 11 is 0. The fourth-order valence-electron chi connectivity index (χ4n) is 2.59. The van der Waals surface area contributed by atoms with Crippen molar-refractivity contribution in [3.63, 3.8) is 0 Å². The van der Waals surface area contributed by atoms with Crippen molar-refractivity contribution in [1.29, 1.82) is 0 Å². The molecular weight excluding hydrogens is 348 g/mol. The van der Waals surface area contributed by atoms with Crippen molar-refractivity contribution in [3.05, 3.63) is 74.3 Å². The van der Waals surface area contributed by atoms with Gasteiger partial charge in [0.1, 0.15) is 11.6 Å². The number of aromatic amines is 1. The van der Waals surface area contributed by atoms with Crippen molar-refractivity contribution in [2.75, 3.05) is 5.73 Å². The molecule has 4 rings (SSSR count). The molecule has 132 valence electrons. The van der Waals surface area contributed by atoms with E-state index in [9.17, 15) is 14.7 Å². The average molecular weight is 360 g/mol. The zero-order valence-electron chi connectivity index (χ0n) is 13.7. The van der Waals surface area contributed by atoms with E-state index in [4.69, 9.17) is 5.73 Å². The second-order valence-corrected chi connectivity index (χ2v) is 5.69. The van der Waals surface area contributed by atoms with Crippen LogP contribution in [0.4, 0.5) is 23.0 Å². The molecule has 4 aromatic rings. The maximum absolute atomic E-state index is 12.4. The van der Waals surface area contributed by atoms with E-state index >= 15 is 0 Å². The van der Waals surface area contributed by atoms with Crippen LogP contribution >= 0.6 is 0 Å². The van der Waals surface area contributed by atoms with Gasteiger partial charge in [0.15, 0.2) is 11.0 Å². The summed E-state index contributed by atoms with van der Waals surface area (Å²) in [6.45, 7) is 0. The average Bonchev–Trinajstić information content (AvgIpc) is 3.14. The Bertz CT molecular complexity index is 1280. The number of rotatable bonds is 3. The molecule has 3 aromatic carbocycles. The third-order valence-corrected chi connectivity index (χ3v) is 3.93. The third-order valence-electron chi connectivity index (χ3n) is 3.93. The molecular formula is C18H12N6O3. The predicted molar refractivity (Wildman–Crippen MR) is 99.4 cm³/mol. The van der Waals surface area contributed by atoms with E-state index in [0.717, 1.165) is 0 Å². The number of azo groups is 1. The van der Waals surface area contributed by atoms with E-state index in [2.05, 4.69) is 25.4 Å². The normalized spacial score (nSPS) is 11.4. The summed E-state index contributed by atoms with van der Waals surface area (Å²) < 4.78 is 0. The van der Waals surface area contributed by atoms with E-state index < -0.39 is 10.9 Å². The number of H-pyrrole nitrogens is 1. The molecule has 9 heteroatoms. The second kappa shape index (κ2) is 6.30. The summed E-state index contributed by atoms with van der Waals surface area (Å²) in [5.41, 5.74) is 5.43. The zero-order valence-corrected chi connectivity index (χ0v) is 13.7. The number of hydrogen-bond acceptors (Lipinski definition) is 8. The Morgan fingerprint density at radius 2 is 1.56 bits per heavy atom. The highest BCUT2D eigenvalue weighted by atomic mass is 16.3. The minimum Gasteiger partial charge on any atom is -0.508 e. The van der Waals surface area contributed by atoms with Gasteiger partial charge in [-0.3, -0.25) is 14.7 Å². The number of nitrogens with one attached hydrogen (secondary N) is 1. The Hall–Kier alpha value is -4.14. The van der Waals surface area contributed by atoms with E-state index in [1.54, 1.807) is 36.4 Å². The molecule has 0 aliphatic carbocycles. The summed E-state index contributed by atoms with van der Waals surface area (Å²) in [5, 5.41) is 24.1. The zero-order chi connectivity index (χ0) is 19.0.